The van der Waals surface area contributed by atoms with E-state index in [9.17, 15) is 0 Å². The van der Waals surface area contributed by atoms with Crippen molar-refractivity contribution in [2.75, 3.05) is 7.11 Å². The van der Waals surface area contributed by atoms with Gasteiger partial charge in [-0.25, -0.2) is 0 Å². The van der Waals surface area contributed by atoms with E-state index in [1.807, 2.05) is 12.1 Å². The van der Waals surface area contributed by atoms with Gasteiger partial charge in [0.15, 0.2) is 0 Å². The lowest BCUT2D eigenvalue weighted by atomic mass is 10.1. The lowest BCUT2D eigenvalue weighted by Gasteiger charge is -2.06. The fourth-order valence-corrected chi connectivity index (χ4v) is 2.05. The van der Waals surface area contributed by atoms with Gasteiger partial charge < -0.3 is 9.72 Å². The second-order valence-corrected chi connectivity index (χ2v) is 4.39. The maximum Gasteiger partial charge on any atom is 0.137 e. The smallest absolute Gasteiger partial charge is 0.137 e. The van der Waals surface area contributed by atoms with Crippen LogP contribution in [0.1, 0.15) is 5.56 Å². The Morgan fingerprint density at radius 2 is 2.11 bits per heavy atom. The molecule has 1 aromatic heterocycles. The Bertz CT molecular complexity index is 688. The molecule has 1 N–H and O–H groups in total. The number of aromatic nitrogens is 1. The lowest BCUT2D eigenvalue weighted by Crippen LogP contribution is -1.89. The molecule has 1 heterocycles. The molecule has 0 spiro atoms. The molecule has 18 heavy (non-hydrogen) atoms. The predicted octanol–water partition coefficient (Wildman–Crippen LogP) is 3.94. The van der Waals surface area contributed by atoms with Gasteiger partial charge in [-0.05, 0) is 35.9 Å². The van der Waals surface area contributed by atoms with Crippen molar-refractivity contribution in [2.24, 2.45) is 0 Å². The molecule has 0 fully saturated rings. The van der Waals surface area contributed by atoms with Crippen LogP contribution in [0.25, 0.3) is 11.3 Å². The third kappa shape index (κ3) is 2.37. The second kappa shape index (κ2) is 5.21. The number of hydrogen-bond donors (Lipinski definition) is 1. The Kier molecular flexibility index (Phi) is 3.66. The minimum Gasteiger partial charge on any atom is -0.495 e. The van der Waals surface area contributed by atoms with Crippen molar-refractivity contribution in [3.05, 3.63) is 45.6 Å². The molecule has 0 aliphatic rings. The summed E-state index contributed by atoms with van der Waals surface area (Å²) in [6.45, 7) is 0. The fraction of sp³-hybridized carbons (Fsp3) is 0.0769. The molecule has 0 amide bonds. The summed E-state index contributed by atoms with van der Waals surface area (Å²) >= 11 is 11.1. The largest absolute Gasteiger partial charge is 0.495 e. The van der Waals surface area contributed by atoms with Crippen LogP contribution in [0.2, 0.25) is 5.02 Å². The number of pyridine rings is 1. The molecule has 0 bridgehead atoms. The molecular formula is C13H9ClN2OS. The van der Waals surface area contributed by atoms with Crippen molar-refractivity contribution in [1.82, 2.24) is 4.98 Å². The molecule has 0 saturated carbocycles. The summed E-state index contributed by atoms with van der Waals surface area (Å²) < 4.78 is 5.51. The first-order chi connectivity index (χ1) is 8.65. The van der Waals surface area contributed by atoms with Crippen LogP contribution in [0.3, 0.4) is 0 Å². The minimum absolute atomic E-state index is 0.418. The molecule has 2 rings (SSSR count). The molecular weight excluding hydrogens is 268 g/mol. The van der Waals surface area contributed by atoms with E-state index in [2.05, 4.69) is 4.98 Å². The Hall–Kier alpha value is -1.83. The molecule has 0 atom stereocenters. The number of nitriles is 1. The molecule has 2 aromatic rings. The van der Waals surface area contributed by atoms with Crippen molar-refractivity contribution >= 4 is 23.8 Å². The summed E-state index contributed by atoms with van der Waals surface area (Å²) in [5.74, 6) is 0.618. The number of nitrogens with zero attached hydrogens (tertiary/aromatic N) is 1. The van der Waals surface area contributed by atoms with E-state index < -0.39 is 0 Å². The predicted molar refractivity (Wildman–Crippen MR) is 73.3 cm³/mol. The van der Waals surface area contributed by atoms with Crippen LogP contribution < -0.4 is 4.74 Å². The highest BCUT2D eigenvalue weighted by molar-refractivity contribution is 7.71. The highest BCUT2D eigenvalue weighted by Crippen LogP contribution is 2.29. The van der Waals surface area contributed by atoms with E-state index in [0.29, 0.717) is 21.0 Å². The number of benzene rings is 1. The first-order valence-electron chi connectivity index (χ1n) is 5.13. The molecule has 0 saturated heterocycles. The standard InChI is InChI=1S/C13H9ClN2OS/c1-17-12-5-3-8(6-10(12)14)11-4-2-9(7-15)13(18)16-11/h2-6H,1H3,(H,16,18). The van der Waals surface area contributed by atoms with Crippen LogP contribution >= 0.6 is 23.8 Å². The average Bonchev–Trinajstić information content (AvgIpc) is 2.38. The van der Waals surface area contributed by atoms with Crippen molar-refractivity contribution in [3.8, 4) is 23.1 Å². The molecule has 0 aliphatic carbocycles. The third-order valence-electron chi connectivity index (χ3n) is 2.49. The van der Waals surface area contributed by atoms with Gasteiger partial charge in [0.05, 0.1) is 17.7 Å². The van der Waals surface area contributed by atoms with Gasteiger partial charge in [0.1, 0.15) is 16.5 Å². The maximum atomic E-state index is 8.82. The van der Waals surface area contributed by atoms with Crippen molar-refractivity contribution in [1.29, 1.82) is 5.26 Å². The molecule has 90 valence electrons. The summed E-state index contributed by atoms with van der Waals surface area (Å²) in [6.07, 6.45) is 0. The van der Waals surface area contributed by atoms with Crippen LogP contribution in [0.5, 0.6) is 5.75 Å². The van der Waals surface area contributed by atoms with E-state index in [0.717, 1.165) is 11.3 Å². The summed E-state index contributed by atoms with van der Waals surface area (Å²) in [7, 11) is 1.57. The van der Waals surface area contributed by atoms with E-state index in [1.54, 1.807) is 31.4 Å². The van der Waals surface area contributed by atoms with E-state index in [-0.39, 0.29) is 0 Å². The summed E-state index contributed by atoms with van der Waals surface area (Å²) in [5, 5.41) is 9.34. The monoisotopic (exact) mass is 276 g/mol. The normalized spacial score (nSPS) is 9.83. The highest BCUT2D eigenvalue weighted by Gasteiger charge is 2.05. The molecule has 0 radical (unpaired) electrons. The van der Waals surface area contributed by atoms with E-state index in [1.165, 1.54) is 0 Å². The van der Waals surface area contributed by atoms with Crippen molar-refractivity contribution in [2.45, 2.75) is 0 Å². The number of aromatic amines is 1. The fourth-order valence-electron chi connectivity index (χ4n) is 1.56. The number of hydrogen-bond acceptors (Lipinski definition) is 3. The number of H-pyrrole nitrogens is 1. The molecule has 5 heteroatoms. The van der Waals surface area contributed by atoms with E-state index >= 15 is 0 Å². The van der Waals surface area contributed by atoms with Gasteiger partial charge in [0, 0.05) is 5.69 Å². The zero-order valence-electron chi connectivity index (χ0n) is 9.53. The zero-order chi connectivity index (χ0) is 13.1. The van der Waals surface area contributed by atoms with Crippen molar-refractivity contribution in [3.63, 3.8) is 0 Å². The summed E-state index contributed by atoms with van der Waals surface area (Å²) in [5.41, 5.74) is 2.15. The summed E-state index contributed by atoms with van der Waals surface area (Å²) in [6, 6.07) is 10.9. The lowest BCUT2D eigenvalue weighted by molar-refractivity contribution is 0.415. The van der Waals surface area contributed by atoms with Crippen LogP contribution in [0, 0.1) is 16.0 Å². The maximum absolute atomic E-state index is 8.82. The zero-order valence-corrected chi connectivity index (χ0v) is 11.1. The SMILES string of the molecule is COc1ccc(-c2ccc(C#N)c(=S)[nH]2)cc1Cl. The quantitative estimate of drug-likeness (QED) is 0.845. The molecule has 3 nitrogen and oxygen atoms in total. The van der Waals surface area contributed by atoms with E-state index in [4.69, 9.17) is 33.8 Å². The van der Waals surface area contributed by atoms with Gasteiger partial charge in [0.25, 0.3) is 0 Å². The first kappa shape index (κ1) is 12.6. The Balaban J connectivity index is 2.50. The third-order valence-corrected chi connectivity index (χ3v) is 3.11. The van der Waals surface area contributed by atoms with Gasteiger partial charge in [0.2, 0.25) is 0 Å². The van der Waals surface area contributed by atoms with Gasteiger partial charge in [-0.15, -0.1) is 0 Å². The molecule has 0 unspecified atom stereocenters. The van der Waals surface area contributed by atoms with Gasteiger partial charge in [-0.3, -0.25) is 0 Å². The minimum atomic E-state index is 0.418. The van der Waals surface area contributed by atoms with Crippen molar-refractivity contribution < 1.29 is 4.74 Å². The van der Waals surface area contributed by atoms with Crippen LogP contribution in [-0.2, 0) is 0 Å². The average molecular weight is 277 g/mol. The van der Waals surface area contributed by atoms with Gasteiger partial charge >= 0.3 is 0 Å². The Morgan fingerprint density at radius 3 is 2.67 bits per heavy atom. The topological polar surface area (TPSA) is 48.8 Å². The highest BCUT2D eigenvalue weighted by atomic mass is 35.5. The molecule has 0 aliphatic heterocycles. The number of rotatable bonds is 2. The Labute approximate surface area is 115 Å². The molecule has 1 aromatic carbocycles. The second-order valence-electron chi connectivity index (χ2n) is 3.58. The van der Waals surface area contributed by atoms with Gasteiger partial charge in [-0.1, -0.05) is 23.8 Å². The first-order valence-corrected chi connectivity index (χ1v) is 5.91. The van der Waals surface area contributed by atoms with Crippen LogP contribution in [0.15, 0.2) is 30.3 Å². The van der Waals surface area contributed by atoms with Crippen LogP contribution in [0.4, 0.5) is 0 Å². The summed E-state index contributed by atoms with van der Waals surface area (Å²) in [4.78, 5) is 3.00. The number of halogens is 1. The number of methoxy groups -OCH3 is 1. The Morgan fingerprint density at radius 1 is 1.33 bits per heavy atom. The number of ether oxygens (including phenoxy) is 1. The van der Waals surface area contributed by atoms with Gasteiger partial charge in [-0.2, -0.15) is 5.26 Å². The number of nitrogens with one attached hydrogen (secondary N) is 1. The van der Waals surface area contributed by atoms with Crippen LogP contribution in [-0.4, -0.2) is 12.1 Å².